The van der Waals surface area contributed by atoms with Crippen molar-refractivity contribution in [1.29, 1.82) is 0 Å². The number of aryl methyl sites for hydroxylation is 1. The maximum atomic E-state index is 13.3. The molecule has 0 atom stereocenters. The van der Waals surface area contributed by atoms with Gasteiger partial charge in [0.05, 0.1) is 6.42 Å². The fourth-order valence-corrected chi connectivity index (χ4v) is 2.36. The van der Waals surface area contributed by atoms with Crippen molar-refractivity contribution in [3.63, 3.8) is 0 Å². The van der Waals surface area contributed by atoms with Gasteiger partial charge in [-0.1, -0.05) is 6.07 Å². The van der Waals surface area contributed by atoms with Gasteiger partial charge >= 0.3 is 0 Å². The molecule has 20 heavy (non-hydrogen) atoms. The van der Waals surface area contributed by atoms with Crippen molar-refractivity contribution in [3.8, 4) is 0 Å². The molecule has 1 amide bonds. The molecule has 2 aromatic rings. The van der Waals surface area contributed by atoms with Crippen molar-refractivity contribution < 1.29 is 14.0 Å². The zero-order valence-electron chi connectivity index (χ0n) is 10.9. The Labute approximate surface area is 115 Å². The topological polar surface area (TPSA) is 46.2 Å². The molecule has 0 aromatic heterocycles. The van der Waals surface area contributed by atoms with Crippen molar-refractivity contribution in [3.05, 3.63) is 64.5 Å². The molecule has 3 rings (SSSR count). The highest BCUT2D eigenvalue weighted by Gasteiger charge is 2.20. The Morgan fingerprint density at radius 2 is 2.00 bits per heavy atom. The number of ketones is 1. The molecule has 0 aliphatic carbocycles. The molecule has 0 spiro atoms. The van der Waals surface area contributed by atoms with Gasteiger partial charge in [-0.15, -0.1) is 0 Å². The van der Waals surface area contributed by atoms with E-state index >= 15 is 0 Å². The van der Waals surface area contributed by atoms with Crippen LogP contribution in [-0.2, 0) is 11.2 Å². The highest BCUT2D eigenvalue weighted by Crippen LogP contribution is 2.25. The van der Waals surface area contributed by atoms with Gasteiger partial charge in [0.25, 0.3) is 0 Å². The number of carbonyl (C=O) groups excluding carboxylic acids is 2. The van der Waals surface area contributed by atoms with Crippen LogP contribution in [0.5, 0.6) is 0 Å². The normalized spacial score (nSPS) is 13.0. The number of anilines is 1. The smallest absolute Gasteiger partial charge is 0.228 e. The summed E-state index contributed by atoms with van der Waals surface area (Å²) in [6, 6.07) is 9.21. The van der Waals surface area contributed by atoms with Crippen molar-refractivity contribution in [2.45, 2.75) is 13.3 Å². The summed E-state index contributed by atoms with van der Waals surface area (Å²) < 4.78 is 13.3. The van der Waals surface area contributed by atoms with E-state index in [4.69, 9.17) is 0 Å². The lowest BCUT2D eigenvalue weighted by Gasteiger charge is -2.07. The fourth-order valence-electron chi connectivity index (χ4n) is 2.36. The van der Waals surface area contributed by atoms with Gasteiger partial charge in [-0.3, -0.25) is 9.59 Å². The first-order valence-electron chi connectivity index (χ1n) is 6.28. The zero-order valence-corrected chi connectivity index (χ0v) is 10.9. The number of carbonyl (C=O) groups is 2. The minimum Gasteiger partial charge on any atom is -0.326 e. The Bertz CT molecular complexity index is 737. The number of halogens is 1. The highest BCUT2D eigenvalue weighted by molar-refractivity contribution is 6.11. The summed E-state index contributed by atoms with van der Waals surface area (Å²) in [5.74, 6) is -0.743. The van der Waals surface area contributed by atoms with Crippen molar-refractivity contribution in [2.24, 2.45) is 0 Å². The molecule has 1 aliphatic rings. The van der Waals surface area contributed by atoms with Crippen LogP contribution in [0.25, 0.3) is 0 Å². The van der Waals surface area contributed by atoms with Crippen molar-refractivity contribution in [2.75, 3.05) is 5.32 Å². The Balaban J connectivity index is 2.01. The second-order valence-electron chi connectivity index (χ2n) is 4.89. The van der Waals surface area contributed by atoms with Gasteiger partial charge in [0.15, 0.2) is 5.78 Å². The molecule has 0 bridgehead atoms. The maximum absolute atomic E-state index is 13.3. The summed E-state index contributed by atoms with van der Waals surface area (Å²) in [5.41, 5.74) is 3.08. The number of hydrogen-bond donors (Lipinski definition) is 1. The van der Waals surface area contributed by atoms with Gasteiger partial charge < -0.3 is 5.32 Å². The van der Waals surface area contributed by atoms with Crippen LogP contribution in [0.3, 0.4) is 0 Å². The molecule has 0 unspecified atom stereocenters. The van der Waals surface area contributed by atoms with E-state index in [-0.39, 0.29) is 18.1 Å². The molecule has 0 saturated carbocycles. The molecule has 3 nitrogen and oxygen atoms in total. The van der Waals surface area contributed by atoms with E-state index in [1.165, 1.54) is 12.1 Å². The zero-order chi connectivity index (χ0) is 14.3. The monoisotopic (exact) mass is 269 g/mol. The van der Waals surface area contributed by atoms with Crippen LogP contribution in [0.15, 0.2) is 36.4 Å². The Morgan fingerprint density at radius 3 is 2.80 bits per heavy atom. The van der Waals surface area contributed by atoms with Gasteiger partial charge in [0, 0.05) is 16.8 Å². The largest absolute Gasteiger partial charge is 0.326 e. The second kappa shape index (κ2) is 4.56. The van der Waals surface area contributed by atoms with E-state index < -0.39 is 5.82 Å². The predicted octanol–water partition coefficient (Wildman–Crippen LogP) is 2.86. The highest BCUT2D eigenvalue weighted by atomic mass is 19.1. The average molecular weight is 269 g/mol. The molecule has 0 saturated heterocycles. The maximum Gasteiger partial charge on any atom is 0.228 e. The molecule has 2 aromatic carbocycles. The fraction of sp³-hybridized carbons (Fsp3) is 0.125. The first-order valence-corrected chi connectivity index (χ1v) is 6.28. The number of benzene rings is 2. The summed E-state index contributed by atoms with van der Waals surface area (Å²) in [7, 11) is 0. The lowest BCUT2D eigenvalue weighted by Crippen LogP contribution is -2.04. The van der Waals surface area contributed by atoms with E-state index in [0.717, 1.165) is 16.8 Å². The molecule has 4 heteroatoms. The van der Waals surface area contributed by atoms with Crippen LogP contribution in [0.4, 0.5) is 10.1 Å². The standard InChI is InChI=1S/C16H12FNO2/c1-9-2-4-12(17)8-13(9)16(20)10-3-5-14-11(6-10)7-15(19)18-14/h2-6,8H,7H2,1H3,(H,18,19). The number of rotatable bonds is 2. The molecule has 1 aliphatic heterocycles. The third-order valence-electron chi connectivity index (χ3n) is 3.44. The third kappa shape index (κ3) is 2.09. The molecule has 0 radical (unpaired) electrons. The summed E-state index contributed by atoms with van der Waals surface area (Å²) >= 11 is 0. The van der Waals surface area contributed by atoms with E-state index in [2.05, 4.69) is 5.32 Å². The SMILES string of the molecule is Cc1ccc(F)cc1C(=O)c1ccc2c(c1)CC(=O)N2. The van der Waals surface area contributed by atoms with Crippen LogP contribution in [0.2, 0.25) is 0 Å². The van der Waals surface area contributed by atoms with Crippen LogP contribution in [0.1, 0.15) is 27.0 Å². The number of nitrogens with one attached hydrogen (secondary N) is 1. The molecule has 1 heterocycles. The first-order chi connectivity index (χ1) is 9.54. The van der Waals surface area contributed by atoms with Crippen LogP contribution < -0.4 is 5.32 Å². The molecular weight excluding hydrogens is 257 g/mol. The van der Waals surface area contributed by atoms with Crippen LogP contribution >= 0.6 is 0 Å². The van der Waals surface area contributed by atoms with E-state index in [0.29, 0.717) is 11.1 Å². The quantitative estimate of drug-likeness (QED) is 0.852. The minimum atomic E-state index is -0.433. The Kier molecular flexibility index (Phi) is 2.86. The molecular formula is C16H12FNO2. The summed E-state index contributed by atoms with van der Waals surface area (Å²) in [5, 5.41) is 2.71. The summed E-state index contributed by atoms with van der Waals surface area (Å²) in [4.78, 5) is 23.7. The predicted molar refractivity (Wildman–Crippen MR) is 73.3 cm³/mol. The van der Waals surface area contributed by atoms with E-state index in [1.54, 1.807) is 31.2 Å². The second-order valence-corrected chi connectivity index (χ2v) is 4.89. The van der Waals surface area contributed by atoms with Gasteiger partial charge in [-0.25, -0.2) is 4.39 Å². The first kappa shape index (κ1) is 12.5. The van der Waals surface area contributed by atoms with Gasteiger partial charge in [0.2, 0.25) is 5.91 Å². The van der Waals surface area contributed by atoms with Crippen LogP contribution in [0, 0.1) is 12.7 Å². The van der Waals surface area contributed by atoms with Crippen molar-refractivity contribution in [1.82, 2.24) is 0 Å². The third-order valence-corrected chi connectivity index (χ3v) is 3.44. The summed E-state index contributed by atoms with van der Waals surface area (Å²) in [6.07, 6.45) is 0.276. The number of amides is 1. The number of fused-ring (bicyclic) bond motifs is 1. The van der Waals surface area contributed by atoms with Gasteiger partial charge in [-0.05, 0) is 48.4 Å². The Morgan fingerprint density at radius 1 is 1.20 bits per heavy atom. The van der Waals surface area contributed by atoms with Gasteiger partial charge in [0.1, 0.15) is 5.82 Å². The minimum absolute atomic E-state index is 0.0773. The van der Waals surface area contributed by atoms with E-state index in [1.807, 2.05) is 0 Å². The lowest BCUT2D eigenvalue weighted by molar-refractivity contribution is -0.115. The lowest BCUT2D eigenvalue weighted by atomic mass is 9.97. The van der Waals surface area contributed by atoms with Gasteiger partial charge in [-0.2, -0.15) is 0 Å². The average Bonchev–Trinajstić information content (AvgIpc) is 2.79. The van der Waals surface area contributed by atoms with Crippen LogP contribution in [-0.4, -0.2) is 11.7 Å². The molecule has 0 fully saturated rings. The summed E-state index contributed by atoms with van der Waals surface area (Å²) in [6.45, 7) is 1.77. The number of hydrogen-bond acceptors (Lipinski definition) is 2. The molecule has 100 valence electrons. The Hall–Kier alpha value is -2.49. The van der Waals surface area contributed by atoms with Crippen molar-refractivity contribution >= 4 is 17.4 Å². The molecule has 1 N–H and O–H groups in total. The van der Waals surface area contributed by atoms with E-state index in [9.17, 15) is 14.0 Å².